The minimum Gasteiger partial charge on any atom is -0.497 e. The van der Waals surface area contributed by atoms with E-state index in [1.807, 2.05) is 29.7 Å². The van der Waals surface area contributed by atoms with E-state index in [0.717, 1.165) is 11.3 Å². The van der Waals surface area contributed by atoms with Crippen LogP contribution in [-0.2, 0) is 5.75 Å². The normalized spacial score (nSPS) is 9.00. The maximum atomic E-state index is 8.34. The van der Waals surface area contributed by atoms with Crippen molar-refractivity contribution in [3.05, 3.63) is 29.8 Å². The van der Waals surface area contributed by atoms with Gasteiger partial charge in [-0.05, 0) is 29.5 Å². The Labute approximate surface area is 76.2 Å². The third-order valence-electron chi connectivity index (χ3n) is 1.44. The SMILES string of the molecule is COc1cccc(CSC#N)c1. The van der Waals surface area contributed by atoms with Crippen LogP contribution in [0, 0.1) is 10.7 Å². The lowest BCUT2D eigenvalue weighted by Crippen LogP contribution is -1.84. The van der Waals surface area contributed by atoms with Gasteiger partial charge in [0.15, 0.2) is 0 Å². The molecule has 0 aliphatic rings. The Balaban J connectivity index is 2.67. The maximum absolute atomic E-state index is 8.34. The van der Waals surface area contributed by atoms with Crippen LogP contribution in [0.15, 0.2) is 24.3 Å². The summed E-state index contributed by atoms with van der Waals surface area (Å²) >= 11 is 1.23. The van der Waals surface area contributed by atoms with Gasteiger partial charge in [-0.2, -0.15) is 5.26 Å². The Bertz CT molecular complexity index is 293. The summed E-state index contributed by atoms with van der Waals surface area (Å²) in [7, 11) is 1.64. The molecule has 0 amide bonds. The minimum atomic E-state index is 0.716. The van der Waals surface area contributed by atoms with Crippen LogP contribution in [0.3, 0.4) is 0 Å². The lowest BCUT2D eigenvalue weighted by molar-refractivity contribution is 0.414. The molecular formula is C9H9NOS. The number of hydrogen-bond donors (Lipinski definition) is 0. The molecule has 0 aliphatic heterocycles. The monoisotopic (exact) mass is 179 g/mol. The molecule has 1 aromatic rings. The molecule has 0 saturated carbocycles. The maximum Gasteiger partial charge on any atom is 0.133 e. The second kappa shape index (κ2) is 4.68. The van der Waals surface area contributed by atoms with E-state index in [9.17, 15) is 0 Å². The summed E-state index contributed by atoms with van der Waals surface area (Å²) in [6.45, 7) is 0. The van der Waals surface area contributed by atoms with Crippen molar-refractivity contribution in [3.63, 3.8) is 0 Å². The van der Waals surface area contributed by atoms with E-state index in [1.165, 1.54) is 11.8 Å². The Morgan fingerprint density at radius 1 is 1.58 bits per heavy atom. The van der Waals surface area contributed by atoms with Crippen molar-refractivity contribution < 1.29 is 4.74 Å². The summed E-state index contributed by atoms with van der Waals surface area (Å²) in [6.07, 6.45) is 0. The van der Waals surface area contributed by atoms with Gasteiger partial charge in [-0.3, -0.25) is 0 Å². The van der Waals surface area contributed by atoms with Crippen LogP contribution in [0.2, 0.25) is 0 Å². The molecule has 62 valence electrons. The first kappa shape index (κ1) is 8.95. The number of ether oxygens (including phenoxy) is 1. The number of methoxy groups -OCH3 is 1. The average molecular weight is 179 g/mol. The Morgan fingerprint density at radius 2 is 2.42 bits per heavy atom. The minimum absolute atomic E-state index is 0.716. The molecule has 1 rings (SSSR count). The molecule has 0 unspecified atom stereocenters. The van der Waals surface area contributed by atoms with Gasteiger partial charge in [0, 0.05) is 5.75 Å². The fourth-order valence-corrected chi connectivity index (χ4v) is 1.29. The third-order valence-corrected chi connectivity index (χ3v) is 2.04. The summed E-state index contributed by atoms with van der Waals surface area (Å²) < 4.78 is 5.04. The zero-order valence-electron chi connectivity index (χ0n) is 6.78. The van der Waals surface area contributed by atoms with Crippen molar-refractivity contribution in [3.8, 4) is 11.2 Å². The van der Waals surface area contributed by atoms with Crippen molar-refractivity contribution in [1.82, 2.24) is 0 Å². The van der Waals surface area contributed by atoms with Gasteiger partial charge in [-0.15, -0.1) is 0 Å². The van der Waals surface area contributed by atoms with Crippen molar-refractivity contribution >= 4 is 11.8 Å². The second-order valence-electron chi connectivity index (χ2n) is 2.23. The highest BCUT2D eigenvalue weighted by molar-refractivity contribution is 8.02. The first-order chi connectivity index (χ1) is 5.86. The molecule has 3 heteroatoms. The molecule has 0 spiro atoms. The van der Waals surface area contributed by atoms with Crippen LogP contribution >= 0.6 is 11.8 Å². The molecule has 0 fully saturated rings. The molecule has 0 bridgehead atoms. The predicted molar refractivity (Wildman–Crippen MR) is 49.9 cm³/mol. The molecule has 0 saturated heterocycles. The summed E-state index contributed by atoms with van der Waals surface area (Å²) in [5.41, 5.74) is 1.11. The van der Waals surface area contributed by atoms with Crippen LogP contribution in [0.1, 0.15) is 5.56 Å². The molecule has 12 heavy (non-hydrogen) atoms. The van der Waals surface area contributed by atoms with Crippen LogP contribution in [-0.4, -0.2) is 7.11 Å². The number of nitrogens with zero attached hydrogens (tertiary/aromatic N) is 1. The molecule has 0 N–H and O–H groups in total. The zero-order chi connectivity index (χ0) is 8.81. The van der Waals surface area contributed by atoms with Gasteiger partial charge in [-0.25, -0.2) is 0 Å². The number of nitriles is 1. The molecular weight excluding hydrogens is 170 g/mol. The fraction of sp³-hybridized carbons (Fsp3) is 0.222. The summed E-state index contributed by atoms with van der Waals surface area (Å²) in [4.78, 5) is 0. The Hall–Kier alpha value is -1.14. The van der Waals surface area contributed by atoms with E-state index in [1.54, 1.807) is 7.11 Å². The number of rotatable bonds is 3. The van der Waals surface area contributed by atoms with Crippen molar-refractivity contribution in [1.29, 1.82) is 5.26 Å². The predicted octanol–water partition coefficient (Wildman–Crippen LogP) is 2.41. The summed E-state index contributed by atoms with van der Waals surface area (Å²) in [5, 5.41) is 10.4. The van der Waals surface area contributed by atoms with Gasteiger partial charge in [0.2, 0.25) is 0 Å². The van der Waals surface area contributed by atoms with Gasteiger partial charge in [0.05, 0.1) is 7.11 Å². The van der Waals surface area contributed by atoms with E-state index in [-0.39, 0.29) is 0 Å². The molecule has 0 radical (unpaired) electrons. The van der Waals surface area contributed by atoms with Gasteiger partial charge in [0.25, 0.3) is 0 Å². The van der Waals surface area contributed by atoms with E-state index >= 15 is 0 Å². The standard InChI is InChI=1S/C9H9NOS/c1-11-9-4-2-3-8(5-9)6-12-7-10/h2-5H,6H2,1H3. The van der Waals surface area contributed by atoms with Crippen molar-refractivity contribution in [2.24, 2.45) is 0 Å². The first-order valence-electron chi connectivity index (χ1n) is 3.50. The average Bonchev–Trinajstić information content (AvgIpc) is 2.15. The smallest absolute Gasteiger partial charge is 0.133 e. The van der Waals surface area contributed by atoms with Crippen LogP contribution < -0.4 is 4.74 Å². The second-order valence-corrected chi connectivity index (χ2v) is 2.99. The molecule has 0 aliphatic carbocycles. The highest BCUT2D eigenvalue weighted by Gasteiger charge is 1.94. The summed E-state index contributed by atoms with van der Waals surface area (Å²) in [5.74, 6) is 1.55. The Kier molecular flexibility index (Phi) is 3.49. The van der Waals surface area contributed by atoms with Crippen LogP contribution in [0.25, 0.3) is 0 Å². The Morgan fingerprint density at radius 3 is 3.08 bits per heavy atom. The van der Waals surface area contributed by atoms with Gasteiger partial charge in [-0.1, -0.05) is 12.1 Å². The fourth-order valence-electron chi connectivity index (χ4n) is 0.878. The van der Waals surface area contributed by atoms with Gasteiger partial charge < -0.3 is 4.74 Å². The topological polar surface area (TPSA) is 33.0 Å². The highest BCUT2D eigenvalue weighted by Crippen LogP contribution is 2.16. The van der Waals surface area contributed by atoms with E-state index in [2.05, 4.69) is 0 Å². The lowest BCUT2D eigenvalue weighted by atomic mass is 10.2. The van der Waals surface area contributed by atoms with Gasteiger partial charge in [0.1, 0.15) is 11.2 Å². The molecule has 0 atom stereocenters. The number of thioether (sulfide) groups is 1. The lowest BCUT2D eigenvalue weighted by Gasteiger charge is -2.00. The van der Waals surface area contributed by atoms with Crippen molar-refractivity contribution in [2.75, 3.05) is 7.11 Å². The summed E-state index contributed by atoms with van der Waals surface area (Å²) in [6, 6.07) is 7.73. The van der Waals surface area contributed by atoms with E-state index in [4.69, 9.17) is 10.00 Å². The number of hydrogen-bond acceptors (Lipinski definition) is 3. The van der Waals surface area contributed by atoms with Crippen LogP contribution in [0.4, 0.5) is 0 Å². The van der Waals surface area contributed by atoms with Crippen LogP contribution in [0.5, 0.6) is 5.75 Å². The quantitative estimate of drug-likeness (QED) is 0.668. The van der Waals surface area contributed by atoms with E-state index in [0.29, 0.717) is 5.75 Å². The van der Waals surface area contributed by atoms with E-state index < -0.39 is 0 Å². The number of thiocyanates is 1. The molecule has 0 aromatic heterocycles. The van der Waals surface area contributed by atoms with Crippen molar-refractivity contribution in [2.45, 2.75) is 5.75 Å². The zero-order valence-corrected chi connectivity index (χ0v) is 7.60. The highest BCUT2D eigenvalue weighted by atomic mass is 32.2. The third kappa shape index (κ3) is 2.48. The largest absolute Gasteiger partial charge is 0.497 e. The molecule has 0 heterocycles. The first-order valence-corrected chi connectivity index (χ1v) is 4.49. The molecule has 2 nitrogen and oxygen atoms in total. The molecule has 1 aromatic carbocycles. The number of benzene rings is 1. The van der Waals surface area contributed by atoms with Gasteiger partial charge >= 0.3 is 0 Å².